The van der Waals surface area contributed by atoms with E-state index < -0.39 is 49.4 Å². The summed E-state index contributed by atoms with van der Waals surface area (Å²) in [5, 5.41) is 13.9. The molecule has 12 nitrogen and oxygen atoms in total. The number of hydrogen-bond donors (Lipinski definition) is 2. The summed E-state index contributed by atoms with van der Waals surface area (Å²) in [6, 6.07) is 7.72. The minimum atomic E-state index is -3.48. The third-order valence-electron chi connectivity index (χ3n) is 6.23. The topological polar surface area (TPSA) is 133 Å². The van der Waals surface area contributed by atoms with Crippen LogP contribution in [0.15, 0.2) is 36.7 Å². The number of esters is 1. The SMILES string of the molecule is C#C[C@@]1(F)[C@H](O)[C@@H](CO[P@](=S)(N[C@H](C)C(=O)OCC)Oc2ccccc2)O[C@H]1n1cnc2c(N(C)C)nc(C)nc21. The van der Waals surface area contributed by atoms with Crippen LogP contribution < -0.4 is 14.5 Å². The molecule has 1 aliphatic heterocycles. The van der Waals surface area contributed by atoms with Crippen LogP contribution in [-0.2, 0) is 30.6 Å². The van der Waals surface area contributed by atoms with E-state index >= 15 is 4.39 Å². The van der Waals surface area contributed by atoms with Gasteiger partial charge in [-0.15, -0.1) is 6.42 Å². The number of aromatic nitrogens is 4. The fourth-order valence-corrected chi connectivity index (χ4v) is 6.66. The van der Waals surface area contributed by atoms with E-state index in [0.29, 0.717) is 22.9 Å². The van der Waals surface area contributed by atoms with Gasteiger partial charge in [-0.1, -0.05) is 24.1 Å². The highest BCUT2D eigenvalue weighted by Crippen LogP contribution is 2.48. The second kappa shape index (κ2) is 12.4. The predicted molar refractivity (Wildman–Crippen MR) is 154 cm³/mol. The Morgan fingerprint density at radius 1 is 1.39 bits per heavy atom. The number of benzene rings is 1. The number of aliphatic hydroxyl groups is 1. The zero-order valence-electron chi connectivity index (χ0n) is 23.2. The number of para-hydroxylation sites is 1. The number of nitrogens with one attached hydrogen (secondary N) is 1. The summed E-state index contributed by atoms with van der Waals surface area (Å²) < 4.78 is 40.5. The summed E-state index contributed by atoms with van der Waals surface area (Å²) in [5.41, 5.74) is -1.99. The molecule has 220 valence electrons. The number of aliphatic hydroxyl groups excluding tert-OH is 1. The van der Waals surface area contributed by atoms with Gasteiger partial charge in [-0.2, -0.15) is 0 Å². The van der Waals surface area contributed by atoms with Crippen molar-refractivity contribution in [2.75, 3.05) is 32.2 Å². The lowest BCUT2D eigenvalue weighted by Gasteiger charge is -2.27. The maximum absolute atomic E-state index is 16.3. The standard InChI is InChI=1S/C26H32FN6O6PS/c1-7-26(27)21(34)19(38-25(26)33-15-28-20-22(32(5)6)29-17(4)30-23(20)33)14-37-40(41,31-16(3)24(35)36-8-2)39-18-12-10-9-11-13-18/h1,9-13,15-16,19,21,25,34H,8,14H2,2-6H3,(H,31,41)/t16-,19-,21-,25-,26-,40-/m1/s1. The highest BCUT2D eigenvalue weighted by atomic mass is 32.5. The number of imidazole rings is 1. The van der Waals surface area contributed by atoms with Gasteiger partial charge in [0.05, 0.1) is 19.5 Å². The number of carbonyl (C=O) groups is 1. The van der Waals surface area contributed by atoms with E-state index in [1.54, 1.807) is 70.1 Å². The van der Waals surface area contributed by atoms with Gasteiger partial charge < -0.3 is 28.5 Å². The first-order valence-electron chi connectivity index (χ1n) is 12.7. The lowest BCUT2D eigenvalue weighted by atomic mass is 9.97. The van der Waals surface area contributed by atoms with Crippen molar-refractivity contribution in [3.8, 4) is 18.1 Å². The van der Waals surface area contributed by atoms with Gasteiger partial charge in [-0.05, 0) is 44.7 Å². The molecule has 4 rings (SSSR count). The number of ether oxygens (including phenoxy) is 2. The second-order valence-electron chi connectivity index (χ2n) is 9.50. The summed E-state index contributed by atoms with van der Waals surface area (Å²) in [5.74, 6) is 2.82. The molecule has 15 heteroatoms. The summed E-state index contributed by atoms with van der Waals surface area (Å²) in [4.78, 5) is 27.2. The van der Waals surface area contributed by atoms with Crippen LogP contribution in [-0.4, -0.2) is 81.8 Å². The fraction of sp³-hybridized carbons (Fsp3) is 0.462. The van der Waals surface area contributed by atoms with Gasteiger partial charge in [0.25, 0.3) is 0 Å². The van der Waals surface area contributed by atoms with Gasteiger partial charge in [-0.25, -0.2) is 24.4 Å². The molecule has 3 heterocycles. The minimum absolute atomic E-state index is 0.172. The van der Waals surface area contributed by atoms with E-state index in [9.17, 15) is 9.90 Å². The molecule has 3 aromatic rings. The average molecular weight is 607 g/mol. The number of terminal acetylenes is 1. The number of rotatable bonds is 11. The van der Waals surface area contributed by atoms with Crippen molar-refractivity contribution in [1.82, 2.24) is 24.6 Å². The summed E-state index contributed by atoms with van der Waals surface area (Å²) in [7, 11) is 3.59. The van der Waals surface area contributed by atoms with E-state index in [4.69, 9.17) is 36.8 Å². The molecule has 0 bridgehead atoms. The quantitative estimate of drug-likeness (QED) is 0.189. The molecule has 0 amide bonds. The number of carbonyl (C=O) groups excluding carboxylic acids is 1. The first-order valence-corrected chi connectivity index (χ1v) is 15.4. The molecule has 0 saturated carbocycles. The Labute approximate surface area is 242 Å². The van der Waals surface area contributed by atoms with Crippen molar-refractivity contribution >= 4 is 41.4 Å². The van der Waals surface area contributed by atoms with E-state index in [1.165, 1.54) is 10.9 Å². The molecule has 0 unspecified atom stereocenters. The van der Waals surface area contributed by atoms with Crippen LogP contribution in [0, 0.1) is 19.3 Å². The van der Waals surface area contributed by atoms with Crippen LogP contribution in [0.4, 0.5) is 10.2 Å². The fourth-order valence-electron chi connectivity index (χ4n) is 4.24. The number of fused-ring (bicyclic) bond motifs is 1. The van der Waals surface area contributed by atoms with Crippen molar-refractivity contribution in [3.05, 3.63) is 42.5 Å². The van der Waals surface area contributed by atoms with Crippen molar-refractivity contribution < 1.29 is 32.8 Å². The Morgan fingerprint density at radius 2 is 2.10 bits per heavy atom. The van der Waals surface area contributed by atoms with Crippen molar-refractivity contribution in [2.24, 2.45) is 0 Å². The van der Waals surface area contributed by atoms with E-state index in [-0.39, 0.29) is 12.3 Å². The molecule has 1 saturated heterocycles. The van der Waals surface area contributed by atoms with E-state index in [0.717, 1.165) is 0 Å². The van der Waals surface area contributed by atoms with Crippen LogP contribution in [0.3, 0.4) is 0 Å². The molecule has 2 N–H and O–H groups in total. The van der Waals surface area contributed by atoms with Gasteiger partial charge >= 0.3 is 12.6 Å². The number of hydrogen-bond acceptors (Lipinski definition) is 11. The first kappa shape index (κ1) is 30.8. The van der Waals surface area contributed by atoms with Crippen molar-refractivity contribution in [3.63, 3.8) is 0 Å². The largest absolute Gasteiger partial charge is 0.465 e. The summed E-state index contributed by atoms with van der Waals surface area (Å²) in [6.45, 7) is 1.21. The van der Waals surface area contributed by atoms with Crippen LogP contribution >= 0.6 is 6.64 Å². The molecule has 0 spiro atoms. The van der Waals surface area contributed by atoms with Crippen LogP contribution in [0.2, 0.25) is 0 Å². The minimum Gasteiger partial charge on any atom is -0.465 e. The van der Waals surface area contributed by atoms with Gasteiger partial charge in [0.1, 0.15) is 29.8 Å². The monoisotopic (exact) mass is 606 g/mol. The van der Waals surface area contributed by atoms with Crippen LogP contribution in [0.5, 0.6) is 5.75 Å². The van der Waals surface area contributed by atoms with E-state index in [1.807, 2.05) is 5.92 Å². The van der Waals surface area contributed by atoms with Gasteiger partial charge in [0.15, 0.2) is 23.2 Å². The Hall–Kier alpha value is -3.18. The third-order valence-corrected chi connectivity index (χ3v) is 8.73. The number of nitrogens with zero attached hydrogens (tertiary/aromatic N) is 5. The first-order chi connectivity index (χ1) is 19.4. The van der Waals surface area contributed by atoms with E-state index in [2.05, 4.69) is 20.0 Å². The molecule has 6 atom stereocenters. The zero-order chi connectivity index (χ0) is 29.9. The molecule has 41 heavy (non-hydrogen) atoms. The van der Waals surface area contributed by atoms with Crippen LogP contribution in [0.1, 0.15) is 25.9 Å². The Morgan fingerprint density at radius 3 is 2.73 bits per heavy atom. The smallest absolute Gasteiger partial charge is 0.323 e. The molecule has 2 aromatic heterocycles. The van der Waals surface area contributed by atoms with Crippen molar-refractivity contribution in [2.45, 2.75) is 50.9 Å². The molecule has 1 aromatic carbocycles. The molecule has 0 radical (unpaired) electrons. The maximum atomic E-state index is 16.3. The number of anilines is 1. The lowest BCUT2D eigenvalue weighted by Crippen LogP contribution is -2.42. The normalized spacial score (nSPS) is 24.4. The number of halogens is 1. The number of alkyl halides is 1. The second-order valence-corrected chi connectivity index (χ2v) is 12.6. The maximum Gasteiger partial charge on any atom is 0.323 e. The van der Waals surface area contributed by atoms with Gasteiger partial charge in [0, 0.05) is 14.1 Å². The lowest BCUT2D eigenvalue weighted by molar-refractivity contribution is -0.144. The van der Waals surface area contributed by atoms with Gasteiger partial charge in [0.2, 0.25) is 5.67 Å². The molecule has 1 aliphatic rings. The highest BCUT2D eigenvalue weighted by molar-refractivity contribution is 8.09. The Balaban J connectivity index is 1.61. The Bertz CT molecular complexity index is 1490. The predicted octanol–water partition coefficient (Wildman–Crippen LogP) is 2.66. The van der Waals surface area contributed by atoms with Crippen molar-refractivity contribution in [1.29, 1.82) is 0 Å². The zero-order valence-corrected chi connectivity index (χ0v) is 24.9. The summed E-state index contributed by atoms with van der Waals surface area (Å²) in [6.07, 6.45) is 2.36. The van der Waals surface area contributed by atoms with Crippen LogP contribution in [0.25, 0.3) is 11.2 Å². The molecular formula is C26H32FN6O6PS. The summed E-state index contributed by atoms with van der Waals surface area (Å²) >= 11 is 5.69. The van der Waals surface area contributed by atoms with Gasteiger partial charge in [-0.3, -0.25) is 9.36 Å². The highest BCUT2D eigenvalue weighted by Gasteiger charge is 2.58. The molecular weight excluding hydrogens is 574 g/mol. The average Bonchev–Trinajstić information content (AvgIpc) is 3.45. The third kappa shape index (κ3) is 6.35. The number of aryl methyl sites for hydroxylation is 1. The molecule has 1 fully saturated rings. The Kier molecular flexibility index (Phi) is 9.28. The molecule has 0 aliphatic carbocycles.